The minimum absolute atomic E-state index is 0.00561. The van der Waals surface area contributed by atoms with Crippen LogP contribution >= 0.6 is 0 Å². The first-order valence-electron chi connectivity index (χ1n) is 8.77. The molecule has 0 saturated heterocycles. The SMILES string of the molecule is CCC1(CC)C[C@@H](NC(=O)Cc2ccccc2)c2ccccc2O1. The second kappa shape index (κ2) is 7.08. The Balaban J connectivity index is 1.79. The lowest BCUT2D eigenvalue weighted by atomic mass is 9.83. The molecule has 3 nitrogen and oxygen atoms in total. The van der Waals surface area contributed by atoms with Crippen LogP contribution in [-0.4, -0.2) is 11.5 Å². The highest BCUT2D eigenvalue weighted by Gasteiger charge is 2.38. The molecule has 0 unspecified atom stereocenters. The fourth-order valence-corrected chi connectivity index (χ4v) is 3.46. The lowest BCUT2D eigenvalue weighted by Gasteiger charge is -2.41. The van der Waals surface area contributed by atoms with Gasteiger partial charge in [0.05, 0.1) is 12.5 Å². The van der Waals surface area contributed by atoms with E-state index in [2.05, 4.69) is 25.2 Å². The summed E-state index contributed by atoms with van der Waals surface area (Å²) in [6.07, 6.45) is 3.09. The number of hydrogen-bond donors (Lipinski definition) is 1. The lowest BCUT2D eigenvalue weighted by Crippen LogP contribution is -2.44. The van der Waals surface area contributed by atoms with Crippen LogP contribution in [0.4, 0.5) is 0 Å². The zero-order valence-corrected chi connectivity index (χ0v) is 14.4. The van der Waals surface area contributed by atoms with E-state index in [0.29, 0.717) is 6.42 Å². The molecule has 1 amide bonds. The first-order valence-corrected chi connectivity index (χ1v) is 8.77. The fraction of sp³-hybridized carbons (Fsp3) is 0.381. The Hall–Kier alpha value is -2.29. The van der Waals surface area contributed by atoms with Crippen LogP contribution in [0.3, 0.4) is 0 Å². The number of nitrogens with one attached hydrogen (secondary N) is 1. The van der Waals surface area contributed by atoms with Crippen LogP contribution in [0.1, 0.15) is 50.3 Å². The molecular weight excluding hydrogens is 298 g/mol. The van der Waals surface area contributed by atoms with E-state index in [1.165, 1.54) is 0 Å². The molecule has 0 spiro atoms. The molecule has 24 heavy (non-hydrogen) atoms. The maximum Gasteiger partial charge on any atom is 0.224 e. The first-order chi connectivity index (χ1) is 11.7. The van der Waals surface area contributed by atoms with Crippen molar-refractivity contribution >= 4 is 5.91 Å². The van der Waals surface area contributed by atoms with Crippen molar-refractivity contribution in [3.05, 3.63) is 65.7 Å². The first kappa shape index (κ1) is 16.6. The summed E-state index contributed by atoms with van der Waals surface area (Å²) in [5.41, 5.74) is 1.92. The molecule has 1 heterocycles. The smallest absolute Gasteiger partial charge is 0.224 e. The van der Waals surface area contributed by atoms with Crippen molar-refractivity contribution < 1.29 is 9.53 Å². The monoisotopic (exact) mass is 323 g/mol. The van der Waals surface area contributed by atoms with E-state index in [1.54, 1.807) is 0 Å². The van der Waals surface area contributed by atoms with E-state index in [4.69, 9.17) is 4.74 Å². The molecule has 126 valence electrons. The maximum absolute atomic E-state index is 12.5. The molecule has 1 aliphatic heterocycles. The van der Waals surface area contributed by atoms with Crippen LogP contribution in [0.5, 0.6) is 5.75 Å². The second-order valence-corrected chi connectivity index (χ2v) is 6.52. The van der Waals surface area contributed by atoms with Crippen LogP contribution in [-0.2, 0) is 11.2 Å². The van der Waals surface area contributed by atoms with Crippen molar-refractivity contribution in [3.8, 4) is 5.75 Å². The number of carbonyl (C=O) groups excluding carboxylic acids is 1. The average molecular weight is 323 g/mol. The number of carbonyl (C=O) groups is 1. The van der Waals surface area contributed by atoms with Crippen molar-refractivity contribution in [1.29, 1.82) is 0 Å². The predicted octanol–water partition coefficient (Wildman–Crippen LogP) is 4.43. The van der Waals surface area contributed by atoms with E-state index in [-0.39, 0.29) is 17.6 Å². The lowest BCUT2D eigenvalue weighted by molar-refractivity contribution is -0.121. The van der Waals surface area contributed by atoms with Crippen LogP contribution in [0.25, 0.3) is 0 Å². The molecular formula is C21H25NO2. The normalized spacial score (nSPS) is 18.3. The van der Waals surface area contributed by atoms with Crippen molar-refractivity contribution in [3.63, 3.8) is 0 Å². The molecule has 3 rings (SSSR count). The third-order valence-electron chi connectivity index (χ3n) is 5.03. The highest BCUT2D eigenvalue weighted by atomic mass is 16.5. The topological polar surface area (TPSA) is 38.3 Å². The Morgan fingerprint density at radius 2 is 1.75 bits per heavy atom. The van der Waals surface area contributed by atoms with Gasteiger partial charge in [-0.05, 0) is 24.5 Å². The Kier molecular flexibility index (Phi) is 4.89. The average Bonchev–Trinajstić information content (AvgIpc) is 2.62. The molecule has 0 fully saturated rings. The van der Waals surface area contributed by atoms with Gasteiger partial charge in [-0.15, -0.1) is 0 Å². The Bertz CT molecular complexity index is 692. The van der Waals surface area contributed by atoms with Gasteiger partial charge in [-0.2, -0.15) is 0 Å². The highest BCUT2D eigenvalue weighted by molar-refractivity contribution is 5.79. The Morgan fingerprint density at radius 3 is 2.46 bits per heavy atom. The van der Waals surface area contributed by atoms with Gasteiger partial charge < -0.3 is 10.1 Å². The molecule has 0 radical (unpaired) electrons. The minimum Gasteiger partial charge on any atom is -0.487 e. The van der Waals surface area contributed by atoms with E-state index < -0.39 is 0 Å². The molecule has 1 aliphatic rings. The van der Waals surface area contributed by atoms with E-state index in [1.807, 2.05) is 48.5 Å². The summed E-state index contributed by atoms with van der Waals surface area (Å²) in [6, 6.07) is 17.9. The number of benzene rings is 2. The van der Waals surface area contributed by atoms with Crippen LogP contribution < -0.4 is 10.1 Å². The molecule has 2 aromatic rings. The van der Waals surface area contributed by atoms with Gasteiger partial charge in [-0.25, -0.2) is 0 Å². The zero-order chi connectivity index (χ0) is 17.0. The number of amides is 1. The molecule has 0 aromatic heterocycles. The van der Waals surface area contributed by atoms with Gasteiger partial charge in [0.25, 0.3) is 0 Å². The zero-order valence-electron chi connectivity index (χ0n) is 14.4. The third-order valence-corrected chi connectivity index (χ3v) is 5.03. The predicted molar refractivity (Wildman–Crippen MR) is 96.0 cm³/mol. The summed E-state index contributed by atoms with van der Waals surface area (Å²) >= 11 is 0. The molecule has 1 atom stereocenters. The third kappa shape index (κ3) is 3.45. The summed E-state index contributed by atoms with van der Waals surface area (Å²) in [5.74, 6) is 0.960. The van der Waals surface area contributed by atoms with Crippen LogP contribution in [0.15, 0.2) is 54.6 Å². The molecule has 0 bridgehead atoms. The van der Waals surface area contributed by atoms with Crippen molar-refractivity contribution in [2.45, 2.75) is 51.2 Å². The van der Waals surface area contributed by atoms with Gasteiger partial charge in [-0.3, -0.25) is 4.79 Å². The number of ether oxygens (including phenoxy) is 1. The van der Waals surface area contributed by atoms with Crippen molar-refractivity contribution in [1.82, 2.24) is 5.32 Å². The van der Waals surface area contributed by atoms with Gasteiger partial charge in [0, 0.05) is 12.0 Å². The standard InChI is InChI=1S/C21H25NO2/c1-3-21(4-2)15-18(17-12-8-9-13-19(17)24-21)22-20(23)14-16-10-6-5-7-11-16/h5-13,18H,3-4,14-15H2,1-2H3,(H,22,23)/t18-/m1/s1. The minimum atomic E-state index is -0.195. The Morgan fingerprint density at radius 1 is 1.08 bits per heavy atom. The summed E-state index contributed by atoms with van der Waals surface area (Å²) < 4.78 is 6.30. The van der Waals surface area contributed by atoms with Gasteiger partial charge in [0.1, 0.15) is 11.4 Å². The van der Waals surface area contributed by atoms with E-state index in [9.17, 15) is 4.79 Å². The molecule has 0 saturated carbocycles. The summed E-state index contributed by atoms with van der Waals surface area (Å²) in [7, 11) is 0. The van der Waals surface area contributed by atoms with E-state index in [0.717, 1.165) is 36.1 Å². The number of fused-ring (bicyclic) bond motifs is 1. The highest BCUT2D eigenvalue weighted by Crippen LogP contribution is 2.42. The number of hydrogen-bond acceptors (Lipinski definition) is 2. The quantitative estimate of drug-likeness (QED) is 0.884. The number of rotatable bonds is 5. The Labute approximate surface area is 144 Å². The summed E-state index contributed by atoms with van der Waals surface area (Å²) in [5, 5.41) is 3.23. The van der Waals surface area contributed by atoms with Crippen LogP contribution in [0.2, 0.25) is 0 Å². The second-order valence-electron chi connectivity index (χ2n) is 6.52. The molecule has 3 heteroatoms. The summed E-state index contributed by atoms with van der Waals surface area (Å²) in [4.78, 5) is 12.5. The summed E-state index contributed by atoms with van der Waals surface area (Å²) in [6.45, 7) is 4.31. The van der Waals surface area contributed by atoms with E-state index >= 15 is 0 Å². The van der Waals surface area contributed by atoms with Gasteiger partial charge in [0.2, 0.25) is 5.91 Å². The van der Waals surface area contributed by atoms with Gasteiger partial charge in [-0.1, -0.05) is 62.4 Å². The fourth-order valence-electron chi connectivity index (χ4n) is 3.46. The largest absolute Gasteiger partial charge is 0.487 e. The van der Waals surface area contributed by atoms with Gasteiger partial charge >= 0.3 is 0 Å². The number of para-hydroxylation sites is 1. The van der Waals surface area contributed by atoms with Crippen LogP contribution in [0, 0.1) is 0 Å². The van der Waals surface area contributed by atoms with Gasteiger partial charge in [0.15, 0.2) is 0 Å². The molecule has 0 aliphatic carbocycles. The van der Waals surface area contributed by atoms with Crippen molar-refractivity contribution in [2.24, 2.45) is 0 Å². The molecule has 2 aromatic carbocycles. The maximum atomic E-state index is 12.5. The van der Waals surface area contributed by atoms with Crippen molar-refractivity contribution in [2.75, 3.05) is 0 Å². The molecule has 1 N–H and O–H groups in total.